The predicted octanol–water partition coefficient (Wildman–Crippen LogP) is 3.54. The second-order valence-electron chi connectivity index (χ2n) is 9.20. The summed E-state index contributed by atoms with van der Waals surface area (Å²) in [5.41, 5.74) is 0.524. The highest BCUT2D eigenvalue weighted by molar-refractivity contribution is 5.94. The van der Waals surface area contributed by atoms with Crippen LogP contribution in [0.2, 0.25) is 0 Å². The Morgan fingerprint density at radius 1 is 0.900 bits per heavy atom. The van der Waals surface area contributed by atoms with Gasteiger partial charge in [-0.25, -0.2) is 4.39 Å². The number of carbonyl (C=O) groups is 2. The van der Waals surface area contributed by atoms with Crippen LogP contribution in [0.25, 0.3) is 0 Å². The molecule has 1 aromatic rings. The maximum atomic E-state index is 13.6. The van der Waals surface area contributed by atoms with Crippen LogP contribution in [0.1, 0.15) is 62.2 Å². The summed E-state index contributed by atoms with van der Waals surface area (Å²) in [5.74, 6) is 0.364. The van der Waals surface area contributed by atoms with Crippen LogP contribution in [0.3, 0.4) is 0 Å². The minimum atomic E-state index is -0.332. The molecule has 3 fully saturated rings. The van der Waals surface area contributed by atoms with E-state index in [1.165, 1.54) is 31.4 Å². The Balaban J connectivity index is 1.43. The Labute approximate surface area is 179 Å². The van der Waals surface area contributed by atoms with Crippen molar-refractivity contribution in [3.8, 4) is 0 Å². The first-order valence-electron chi connectivity index (χ1n) is 11.6. The molecular formula is C24H34FN3O2. The van der Waals surface area contributed by atoms with Crippen LogP contribution >= 0.6 is 0 Å². The summed E-state index contributed by atoms with van der Waals surface area (Å²) in [7, 11) is 0. The number of piperazine rings is 1. The fourth-order valence-corrected chi connectivity index (χ4v) is 5.50. The minimum Gasteiger partial charge on any atom is -0.339 e. The molecular weight excluding hydrogens is 381 g/mol. The van der Waals surface area contributed by atoms with Gasteiger partial charge in [0, 0.05) is 44.3 Å². The van der Waals surface area contributed by atoms with E-state index < -0.39 is 0 Å². The third-order valence-electron chi connectivity index (χ3n) is 7.27. The van der Waals surface area contributed by atoms with E-state index in [0.29, 0.717) is 36.5 Å². The summed E-state index contributed by atoms with van der Waals surface area (Å²) in [5, 5.41) is 0. The lowest BCUT2D eigenvalue weighted by Crippen LogP contribution is -2.60. The summed E-state index contributed by atoms with van der Waals surface area (Å²) in [4.78, 5) is 32.7. The molecule has 0 spiro atoms. The number of carbonyl (C=O) groups excluding carboxylic acids is 2. The number of amides is 2. The second kappa shape index (κ2) is 9.46. The molecule has 0 bridgehead atoms. The predicted molar refractivity (Wildman–Crippen MR) is 115 cm³/mol. The van der Waals surface area contributed by atoms with Crippen LogP contribution in [-0.2, 0) is 4.79 Å². The van der Waals surface area contributed by atoms with Crippen molar-refractivity contribution in [2.75, 3.05) is 32.7 Å². The first-order chi connectivity index (χ1) is 14.5. The molecule has 0 unspecified atom stereocenters. The zero-order chi connectivity index (χ0) is 21.1. The van der Waals surface area contributed by atoms with Gasteiger partial charge in [0.1, 0.15) is 5.82 Å². The van der Waals surface area contributed by atoms with Crippen LogP contribution < -0.4 is 0 Å². The van der Waals surface area contributed by atoms with Crippen molar-refractivity contribution >= 4 is 11.8 Å². The molecule has 2 aliphatic heterocycles. The van der Waals surface area contributed by atoms with E-state index in [1.807, 2.05) is 4.90 Å². The van der Waals surface area contributed by atoms with Gasteiger partial charge in [0.25, 0.3) is 5.91 Å². The van der Waals surface area contributed by atoms with E-state index in [9.17, 15) is 14.0 Å². The molecule has 1 saturated carbocycles. The fraction of sp³-hybridized carbons (Fsp3) is 0.667. The number of rotatable bonds is 4. The van der Waals surface area contributed by atoms with Crippen LogP contribution in [0.4, 0.5) is 4.39 Å². The van der Waals surface area contributed by atoms with Gasteiger partial charge in [-0.15, -0.1) is 0 Å². The third kappa shape index (κ3) is 4.53. The lowest BCUT2D eigenvalue weighted by atomic mass is 9.92. The van der Waals surface area contributed by atoms with E-state index in [2.05, 4.69) is 16.7 Å². The van der Waals surface area contributed by atoms with Crippen LogP contribution in [-0.4, -0.2) is 71.3 Å². The molecule has 164 valence electrons. The molecule has 0 N–H and O–H groups in total. The van der Waals surface area contributed by atoms with Gasteiger partial charge >= 0.3 is 0 Å². The number of hydrogen-bond acceptors (Lipinski definition) is 3. The zero-order valence-corrected chi connectivity index (χ0v) is 18.1. The average Bonchev–Trinajstić information content (AvgIpc) is 3.29. The SMILES string of the molecule is C[C@H]1CCCCN1C(=O)[C@@H](C1CCCC1)N1CCN(C(=O)c2ccc(F)cc2)CC1. The van der Waals surface area contributed by atoms with Gasteiger partial charge in [-0.2, -0.15) is 0 Å². The third-order valence-corrected chi connectivity index (χ3v) is 7.27. The van der Waals surface area contributed by atoms with Gasteiger partial charge in [-0.05, 0) is 69.2 Å². The van der Waals surface area contributed by atoms with Gasteiger partial charge in [0.15, 0.2) is 0 Å². The molecule has 0 radical (unpaired) electrons. The van der Waals surface area contributed by atoms with Gasteiger partial charge in [0.05, 0.1) is 6.04 Å². The summed E-state index contributed by atoms with van der Waals surface area (Å²) in [6.45, 7) is 5.74. The topological polar surface area (TPSA) is 43.9 Å². The molecule has 1 aliphatic carbocycles. The number of likely N-dealkylation sites (tertiary alicyclic amines) is 1. The molecule has 1 aromatic carbocycles. The molecule has 4 rings (SSSR count). The largest absolute Gasteiger partial charge is 0.339 e. The highest BCUT2D eigenvalue weighted by Gasteiger charge is 2.40. The maximum absolute atomic E-state index is 13.6. The zero-order valence-electron chi connectivity index (χ0n) is 18.1. The van der Waals surface area contributed by atoms with E-state index >= 15 is 0 Å². The van der Waals surface area contributed by atoms with Gasteiger partial charge < -0.3 is 9.80 Å². The molecule has 2 atom stereocenters. The molecule has 2 saturated heterocycles. The van der Waals surface area contributed by atoms with Gasteiger partial charge in [-0.1, -0.05) is 12.8 Å². The summed E-state index contributed by atoms with van der Waals surface area (Å²) in [6.07, 6.45) is 8.11. The van der Waals surface area contributed by atoms with Gasteiger partial charge in [0.2, 0.25) is 5.91 Å². The molecule has 30 heavy (non-hydrogen) atoms. The number of halogens is 1. The van der Waals surface area contributed by atoms with Crippen molar-refractivity contribution in [3.05, 3.63) is 35.6 Å². The van der Waals surface area contributed by atoms with Crippen molar-refractivity contribution < 1.29 is 14.0 Å². The maximum Gasteiger partial charge on any atom is 0.253 e. The molecule has 0 aromatic heterocycles. The Morgan fingerprint density at radius 3 is 2.17 bits per heavy atom. The van der Waals surface area contributed by atoms with Crippen molar-refractivity contribution in [1.29, 1.82) is 0 Å². The first-order valence-corrected chi connectivity index (χ1v) is 11.6. The first kappa shape index (κ1) is 21.3. The van der Waals surface area contributed by atoms with Crippen molar-refractivity contribution in [1.82, 2.24) is 14.7 Å². The minimum absolute atomic E-state index is 0.0453. The molecule has 3 aliphatic rings. The number of benzene rings is 1. The Kier molecular flexibility index (Phi) is 6.71. The van der Waals surface area contributed by atoms with Crippen LogP contribution in [0, 0.1) is 11.7 Å². The van der Waals surface area contributed by atoms with Crippen LogP contribution in [0.5, 0.6) is 0 Å². The normalized spacial score (nSPS) is 24.8. The Bertz CT molecular complexity index is 739. The van der Waals surface area contributed by atoms with E-state index in [0.717, 1.165) is 45.3 Å². The quantitative estimate of drug-likeness (QED) is 0.756. The number of nitrogens with zero attached hydrogens (tertiary/aromatic N) is 3. The second-order valence-corrected chi connectivity index (χ2v) is 9.20. The highest BCUT2D eigenvalue weighted by atomic mass is 19.1. The number of hydrogen-bond donors (Lipinski definition) is 0. The van der Waals surface area contributed by atoms with E-state index in [-0.39, 0.29) is 17.8 Å². The van der Waals surface area contributed by atoms with E-state index in [4.69, 9.17) is 0 Å². The molecule has 6 heteroatoms. The molecule has 5 nitrogen and oxygen atoms in total. The molecule has 2 amide bonds. The highest BCUT2D eigenvalue weighted by Crippen LogP contribution is 2.33. The fourth-order valence-electron chi connectivity index (χ4n) is 5.50. The standard InChI is InChI=1S/C24H34FN3O2/c1-18-6-4-5-13-28(18)24(30)22(19-7-2-3-8-19)26-14-16-27(17-15-26)23(29)20-9-11-21(25)12-10-20/h9-12,18-19,22H,2-8,13-17H2,1H3/t18-,22+/m0/s1. The van der Waals surface area contributed by atoms with Crippen LogP contribution in [0.15, 0.2) is 24.3 Å². The average molecular weight is 416 g/mol. The summed E-state index contributed by atoms with van der Waals surface area (Å²) in [6, 6.07) is 6.04. The van der Waals surface area contributed by atoms with E-state index in [1.54, 1.807) is 12.1 Å². The lowest BCUT2D eigenvalue weighted by molar-refractivity contribution is -0.143. The summed E-state index contributed by atoms with van der Waals surface area (Å²) < 4.78 is 13.2. The summed E-state index contributed by atoms with van der Waals surface area (Å²) >= 11 is 0. The lowest BCUT2D eigenvalue weighted by Gasteiger charge is -2.44. The molecule has 2 heterocycles. The van der Waals surface area contributed by atoms with Crippen molar-refractivity contribution in [2.45, 2.75) is 64.0 Å². The van der Waals surface area contributed by atoms with Crippen molar-refractivity contribution in [3.63, 3.8) is 0 Å². The Hall–Kier alpha value is -1.95. The van der Waals surface area contributed by atoms with Crippen molar-refractivity contribution in [2.24, 2.45) is 5.92 Å². The number of piperidine rings is 1. The monoisotopic (exact) mass is 415 g/mol. The smallest absolute Gasteiger partial charge is 0.253 e. The Morgan fingerprint density at radius 2 is 1.53 bits per heavy atom. The van der Waals surface area contributed by atoms with Gasteiger partial charge in [-0.3, -0.25) is 14.5 Å².